The molecule has 0 unspecified atom stereocenters. The molecule has 2 aromatic rings. The van der Waals surface area contributed by atoms with Gasteiger partial charge in [0, 0.05) is 5.92 Å². The third kappa shape index (κ3) is 2.99. The lowest BCUT2D eigenvalue weighted by molar-refractivity contribution is -0.130. The smallest absolute Gasteiger partial charge is 0.284 e. The molecular weight excluding hydrogens is 308 g/mol. The van der Waals surface area contributed by atoms with Gasteiger partial charge in [-0.05, 0) is 36.6 Å². The second-order valence-corrected chi connectivity index (χ2v) is 6.16. The van der Waals surface area contributed by atoms with Crippen molar-refractivity contribution in [3.05, 3.63) is 47.9 Å². The molecule has 6 nitrogen and oxygen atoms in total. The Balaban J connectivity index is 1.33. The molecule has 2 aliphatic rings. The minimum absolute atomic E-state index is 0.156. The molecule has 0 radical (unpaired) electrons. The van der Waals surface area contributed by atoms with Gasteiger partial charge in [0.15, 0.2) is 11.5 Å². The van der Waals surface area contributed by atoms with E-state index in [-0.39, 0.29) is 12.5 Å². The van der Waals surface area contributed by atoms with Crippen molar-refractivity contribution in [3.63, 3.8) is 0 Å². The summed E-state index contributed by atoms with van der Waals surface area (Å²) >= 11 is 0. The van der Waals surface area contributed by atoms with Crippen LogP contribution >= 0.6 is 0 Å². The number of hydrazone groups is 1. The summed E-state index contributed by atoms with van der Waals surface area (Å²) in [6, 6.07) is 11.1. The van der Waals surface area contributed by atoms with Crippen molar-refractivity contribution in [1.29, 1.82) is 0 Å². The lowest BCUT2D eigenvalue weighted by atomic mass is 10.2. The third-order valence-electron chi connectivity index (χ3n) is 4.29. The van der Waals surface area contributed by atoms with Crippen LogP contribution in [0.4, 0.5) is 0 Å². The number of benzene rings is 1. The summed E-state index contributed by atoms with van der Waals surface area (Å²) in [5.41, 5.74) is 2.46. The summed E-state index contributed by atoms with van der Waals surface area (Å²) in [5.74, 6) is 3.65. The highest BCUT2D eigenvalue weighted by Crippen LogP contribution is 2.47. The molecule has 6 heteroatoms. The number of ether oxygens (including phenoxy) is 2. The number of furan rings is 1. The Morgan fingerprint density at radius 3 is 2.83 bits per heavy atom. The standard InChI is InChI=1S/C18H18N2O4/c1-11-8-13(11)14-7-6-12(23-14)9-19-20-18(21)17-10-22-15-4-2-3-5-16(15)24-17/h2-7,9,11,13,17H,8,10H2,1H3,(H,20,21)/b19-9-/t11-,13+,17+/m1/s1. The summed E-state index contributed by atoms with van der Waals surface area (Å²) in [4.78, 5) is 12.1. The first-order chi connectivity index (χ1) is 11.7. The molecule has 1 saturated carbocycles. The van der Waals surface area contributed by atoms with Crippen molar-refractivity contribution < 1.29 is 18.7 Å². The van der Waals surface area contributed by atoms with Crippen LogP contribution in [0, 0.1) is 5.92 Å². The molecule has 4 rings (SSSR count). The number of carbonyl (C=O) groups is 1. The van der Waals surface area contributed by atoms with Gasteiger partial charge in [-0.2, -0.15) is 5.10 Å². The zero-order valence-electron chi connectivity index (χ0n) is 13.3. The number of amides is 1. The molecular formula is C18H18N2O4. The van der Waals surface area contributed by atoms with Gasteiger partial charge >= 0.3 is 0 Å². The van der Waals surface area contributed by atoms with E-state index in [0.29, 0.717) is 29.1 Å². The number of rotatable bonds is 4. The highest BCUT2D eigenvalue weighted by molar-refractivity contribution is 5.83. The van der Waals surface area contributed by atoms with Gasteiger partial charge in [0.05, 0.1) is 6.21 Å². The van der Waals surface area contributed by atoms with Crippen LogP contribution in [0.15, 0.2) is 45.9 Å². The molecule has 0 spiro atoms. The number of nitrogens with zero attached hydrogens (tertiary/aromatic N) is 1. The minimum Gasteiger partial charge on any atom is -0.485 e. The van der Waals surface area contributed by atoms with Gasteiger partial charge in [0.1, 0.15) is 18.1 Å². The third-order valence-corrected chi connectivity index (χ3v) is 4.29. The van der Waals surface area contributed by atoms with E-state index in [1.807, 2.05) is 24.3 Å². The van der Waals surface area contributed by atoms with Crippen LogP contribution in [-0.4, -0.2) is 24.8 Å². The highest BCUT2D eigenvalue weighted by atomic mass is 16.6. The van der Waals surface area contributed by atoms with Crippen molar-refractivity contribution in [2.45, 2.75) is 25.4 Å². The summed E-state index contributed by atoms with van der Waals surface area (Å²) in [7, 11) is 0. The summed E-state index contributed by atoms with van der Waals surface area (Å²) in [5, 5.41) is 3.93. The molecule has 0 bridgehead atoms. The number of nitrogens with one attached hydrogen (secondary N) is 1. The van der Waals surface area contributed by atoms with Gasteiger partial charge in [-0.1, -0.05) is 19.1 Å². The van der Waals surface area contributed by atoms with Gasteiger partial charge in [-0.15, -0.1) is 0 Å². The number of carbonyl (C=O) groups excluding carboxylic acids is 1. The Kier molecular flexibility index (Phi) is 3.72. The quantitative estimate of drug-likeness (QED) is 0.692. The fraction of sp³-hybridized carbons (Fsp3) is 0.333. The molecule has 24 heavy (non-hydrogen) atoms. The summed E-state index contributed by atoms with van der Waals surface area (Å²) < 4.78 is 16.8. The SMILES string of the molecule is C[C@@H]1C[C@@H]1c1ccc(/C=N\NC(=O)[C@@H]2COc3ccccc3O2)o1. The summed E-state index contributed by atoms with van der Waals surface area (Å²) in [6.07, 6.45) is 1.93. The number of hydrogen-bond acceptors (Lipinski definition) is 5. The Hall–Kier alpha value is -2.76. The first kappa shape index (κ1) is 14.8. The van der Waals surface area contributed by atoms with Crippen molar-refractivity contribution in [3.8, 4) is 11.5 Å². The molecule has 2 heterocycles. The highest BCUT2D eigenvalue weighted by Gasteiger charge is 2.36. The Labute approximate surface area is 139 Å². The molecule has 1 aromatic carbocycles. The monoisotopic (exact) mass is 326 g/mol. The number of hydrogen-bond donors (Lipinski definition) is 1. The van der Waals surface area contributed by atoms with Crippen molar-refractivity contribution >= 4 is 12.1 Å². The van der Waals surface area contributed by atoms with E-state index in [1.54, 1.807) is 12.1 Å². The van der Waals surface area contributed by atoms with Crippen LogP contribution in [-0.2, 0) is 4.79 Å². The molecule has 1 fully saturated rings. The van der Waals surface area contributed by atoms with Crippen molar-refractivity contribution in [2.24, 2.45) is 11.0 Å². The molecule has 124 valence electrons. The van der Waals surface area contributed by atoms with E-state index < -0.39 is 6.10 Å². The second kappa shape index (κ2) is 6.03. The van der Waals surface area contributed by atoms with Crippen molar-refractivity contribution in [2.75, 3.05) is 6.61 Å². The molecule has 1 aliphatic heterocycles. The normalized spacial score (nSPS) is 24.8. The Morgan fingerprint density at radius 2 is 2.04 bits per heavy atom. The zero-order valence-corrected chi connectivity index (χ0v) is 13.3. The van der Waals surface area contributed by atoms with Gasteiger partial charge in [0.2, 0.25) is 6.10 Å². The minimum atomic E-state index is -0.725. The molecule has 1 N–H and O–H groups in total. The Bertz CT molecular complexity index is 783. The fourth-order valence-corrected chi connectivity index (χ4v) is 2.74. The van der Waals surface area contributed by atoms with Crippen LogP contribution < -0.4 is 14.9 Å². The van der Waals surface area contributed by atoms with E-state index in [9.17, 15) is 4.79 Å². The fourth-order valence-electron chi connectivity index (χ4n) is 2.74. The van der Waals surface area contributed by atoms with Crippen LogP contribution in [0.1, 0.15) is 30.8 Å². The average molecular weight is 326 g/mol. The lowest BCUT2D eigenvalue weighted by Crippen LogP contribution is -2.42. The van der Waals surface area contributed by atoms with E-state index in [2.05, 4.69) is 17.5 Å². The van der Waals surface area contributed by atoms with Gasteiger partial charge in [0.25, 0.3) is 5.91 Å². The van der Waals surface area contributed by atoms with E-state index in [0.717, 1.165) is 5.76 Å². The maximum Gasteiger partial charge on any atom is 0.284 e. The second-order valence-electron chi connectivity index (χ2n) is 6.16. The number of fused-ring (bicyclic) bond motifs is 1. The van der Waals surface area contributed by atoms with Crippen molar-refractivity contribution in [1.82, 2.24) is 5.43 Å². The maximum absolute atomic E-state index is 12.1. The summed E-state index contributed by atoms with van der Waals surface area (Å²) in [6.45, 7) is 2.36. The predicted octanol–water partition coefficient (Wildman–Crippen LogP) is 2.69. The molecule has 1 aromatic heterocycles. The largest absolute Gasteiger partial charge is 0.485 e. The van der Waals surface area contributed by atoms with Gasteiger partial charge in [-0.3, -0.25) is 4.79 Å². The zero-order chi connectivity index (χ0) is 16.5. The Morgan fingerprint density at radius 1 is 1.25 bits per heavy atom. The topological polar surface area (TPSA) is 73.1 Å². The molecule has 0 saturated heterocycles. The lowest BCUT2D eigenvalue weighted by Gasteiger charge is -2.24. The molecule has 1 amide bonds. The van der Waals surface area contributed by atoms with E-state index in [4.69, 9.17) is 13.9 Å². The molecule has 1 aliphatic carbocycles. The van der Waals surface area contributed by atoms with Gasteiger partial charge < -0.3 is 13.9 Å². The van der Waals surface area contributed by atoms with E-state index in [1.165, 1.54) is 12.6 Å². The van der Waals surface area contributed by atoms with E-state index >= 15 is 0 Å². The van der Waals surface area contributed by atoms with Gasteiger partial charge in [-0.25, -0.2) is 5.43 Å². The maximum atomic E-state index is 12.1. The average Bonchev–Trinajstić information content (AvgIpc) is 3.15. The predicted molar refractivity (Wildman–Crippen MR) is 87.3 cm³/mol. The molecule has 3 atom stereocenters. The van der Waals surface area contributed by atoms with Crippen LogP contribution in [0.3, 0.4) is 0 Å². The number of para-hydroxylation sites is 2. The first-order valence-electron chi connectivity index (χ1n) is 8.02. The van der Waals surface area contributed by atoms with Crippen LogP contribution in [0.25, 0.3) is 0 Å². The van der Waals surface area contributed by atoms with Crippen LogP contribution in [0.5, 0.6) is 11.5 Å². The first-order valence-corrected chi connectivity index (χ1v) is 8.02. The van der Waals surface area contributed by atoms with Crippen LogP contribution in [0.2, 0.25) is 0 Å².